The molecule has 0 saturated carbocycles. The normalized spacial score (nSPS) is 10.3. The summed E-state index contributed by atoms with van der Waals surface area (Å²) in [5.74, 6) is 0. The molecular weight excluding hydrogens is 892 g/mol. The van der Waals surface area contributed by atoms with Crippen LogP contribution in [0.15, 0.2) is 212 Å². The van der Waals surface area contributed by atoms with Gasteiger partial charge in [0.05, 0.1) is 5.09 Å². The van der Waals surface area contributed by atoms with Crippen molar-refractivity contribution in [1.82, 2.24) is 0 Å². The maximum absolute atomic E-state index is 8.25. The third-order valence-electron chi connectivity index (χ3n) is 8.08. The predicted octanol–water partition coefficient (Wildman–Crippen LogP) is 8.85. The molecule has 7 rings (SSSR count). The van der Waals surface area contributed by atoms with Gasteiger partial charge in [-0.15, -0.1) is 0 Å². The SMILES string of the molecule is O=[N+]([O-])[O-].[Au+].c1ccc(P(CCCP(c2ccccc2)c2ccccc2)c2ccccc2)cc1.c1ccc(P(c2ccccc2)c2ccccc2)cc1. The molecule has 53 heavy (non-hydrogen) atoms. The van der Waals surface area contributed by atoms with E-state index in [2.05, 4.69) is 212 Å². The van der Waals surface area contributed by atoms with Crippen LogP contribution >= 0.6 is 23.8 Å². The van der Waals surface area contributed by atoms with Crippen molar-refractivity contribution in [1.29, 1.82) is 0 Å². The maximum atomic E-state index is 8.25. The van der Waals surface area contributed by atoms with Gasteiger partial charge < -0.3 is 15.3 Å². The molecule has 0 bridgehead atoms. The summed E-state index contributed by atoms with van der Waals surface area (Å²) >= 11 is 0. The number of nitrogens with zero attached hydrogens (tertiary/aromatic N) is 1. The molecule has 0 atom stereocenters. The molecule has 0 aliphatic carbocycles. The third kappa shape index (κ3) is 13.6. The van der Waals surface area contributed by atoms with Crippen LogP contribution in [0.1, 0.15) is 6.42 Å². The van der Waals surface area contributed by atoms with Crippen molar-refractivity contribution in [3.63, 3.8) is 0 Å². The van der Waals surface area contributed by atoms with E-state index in [1.165, 1.54) is 55.9 Å². The Balaban J connectivity index is 0.000000225. The van der Waals surface area contributed by atoms with Gasteiger partial charge in [0, 0.05) is 0 Å². The van der Waals surface area contributed by atoms with Crippen molar-refractivity contribution >= 4 is 60.9 Å². The molecule has 0 N–H and O–H groups in total. The molecule has 0 heterocycles. The summed E-state index contributed by atoms with van der Waals surface area (Å²) in [5, 5.41) is 24.9. The molecule has 0 aromatic heterocycles. The Morgan fingerprint density at radius 1 is 0.340 bits per heavy atom. The molecule has 0 aliphatic heterocycles. The van der Waals surface area contributed by atoms with E-state index in [1.54, 1.807) is 0 Å². The monoisotopic (exact) mass is 933 g/mol. The van der Waals surface area contributed by atoms with Crippen molar-refractivity contribution in [2.75, 3.05) is 12.3 Å². The molecule has 0 amide bonds. The zero-order valence-electron chi connectivity index (χ0n) is 29.1. The van der Waals surface area contributed by atoms with E-state index >= 15 is 0 Å². The molecule has 7 aromatic rings. The summed E-state index contributed by atoms with van der Waals surface area (Å²) in [5.41, 5.74) is 0. The molecule has 0 spiro atoms. The summed E-state index contributed by atoms with van der Waals surface area (Å²) in [6.45, 7) is 0. The quantitative estimate of drug-likeness (QED) is 0.0564. The third-order valence-corrected chi connectivity index (χ3v) is 15.7. The smallest absolute Gasteiger partial charge is 0.356 e. The second-order valence-electron chi connectivity index (χ2n) is 11.6. The van der Waals surface area contributed by atoms with Crippen LogP contribution in [0.4, 0.5) is 0 Å². The summed E-state index contributed by atoms with van der Waals surface area (Å²) in [4.78, 5) is 8.25. The molecule has 8 heteroatoms. The standard InChI is InChI=1S/C27H26P2.C18H15P.Au.NO3/c1-5-14-24(15-6-1)28(25-16-7-2-8-17-25)22-13-23-29(26-18-9-3-10-19-26)27-20-11-4-12-21-27;1-4-10-16(11-5-1)19(17-12-6-2-7-13-17)18-14-8-3-9-15-18;;2-1(3)4/h1-12,14-21H,13,22-23H2;1-15H;;/q;;+1;-1. The number of hydrogen-bond donors (Lipinski definition) is 0. The summed E-state index contributed by atoms with van der Waals surface area (Å²) < 4.78 is 0. The van der Waals surface area contributed by atoms with E-state index in [0.717, 1.165) is 0 Å². The summed E-state index contributed by atoms with van der Waals surface area (Å²) in [7, 11) is -1.06. The van der Waals surface area contributed by atoms with Crippen LogP contribution in [0.5, 0.6) is 0 Å². The minimum Gasteiger partial charge on any atom is -0.356 e. The first-order valence-corrected chi connectivity index (χ1v) is 21.5. The molecule has 0 unspecified atom stereocenters. The second kappa shape index (κ2) is 23.4. The Labute approximate surface area is 332 Å². The Kier molecular flexibility index (Phi) is 18.4. The summed E-state index contributed by atoms with van der Waals surface area (Å²) in [6.07, 6.45) is 3.72. The van der Waals surface area contributed by atoms with E-state index < -0.39 is 13.0 Å². The van der Waals surface area contributed by atoms with Crippen molar-refractivity contribution < 1.29 is 27.5 Å². The Hall–Kier alpha value is -4.23. The second-order valence-corrected chi connectivity index (χ2v) is 18.5. The minimum absolute atomic E-state index is 0. The van der Waals surface area contributed by atoms with Crippen LogP contribution in [0.2, 0.25) is 0 Å². The van der Waals surface area contributed by atoms with Crippen LogP contribution in [0.25, 0.3) is 0 Å². The van der Waals surface area contributed by atoms with Gasteiger partial charge in [-0.1, -0.05) is 212 Å². The van der Waals surface area contributed by atoms with Gasteiger partial charge in [0.25, 0.3) is 0 Å². The van der Waals surface area contributed by atoms with E-state index in [9.17, 15) is 0 Å². The van der Waals surface area contributed by atoms with E-state index in [4.69, 9.17) is 15.3 Å². The van der Waals surface area contributed by atoms with Crippen LogP contribution in [0, 0.1) is 15.3 Å². The molecule has 0 aliphatic rings. The zero-order chi connectivity index (χ0) is 36.2. The fourth-order valence-electron chi connectivity index (χ4n) is 5.81. The first kappa shape index (κ1) is 41.5. The largest absolute Gasteiger partial charge is 1.00 e. The van der Waals surface area contributed by atoms with Crippen LogP contribution in [-0.2, 0) is 22.4 Å². The molecule has 0 saturated heterocycles. The van der Waals surface area contributed by atoms with E-state index in [1.807, 2.05) is 0 Å². The van der Waals surface area contributed by atoms with Crippen LogP contribution in [-0.4, -0.2) is 17.4 Å². The number of hydrogen-bond acceptors (Lipinski definition) is 3. The average Bonchev–Trinajstić information content (AvgIpc) is 3.21. The first-order valence-electron chi connectivity index (χ1n) is 17.1. The molecule has 270 valence electrons. The molecule has 0 radical (unpaired) electrons. The van der Waals surface area contributed by atoms with Gasteiger partial charge in [-0.2, -0.15) is 0 Å². The molecular formula is C45H41AuNO3P3. The van der Waals surface area contributed by atoms with Crippen LogP contribution in [0.3, 0.4) is 0 Å². The fourth-order valence-corrected chi connectivity index (χ4v) is 13.1. The Bertz CT molecular complexity index is 1740. The van der Waals surface area contributed by atoms with Crippen molar-refractivity contribution in [2.45, 2.75) is 6.42 Å². The van der Waals surface area contributed by atoms with Crippen LogP contribution < -0.4 is 37.1 Å². The Morgan fingerprint density at radius 2 is 0.509 bits per heavy atom. The van der Waals surface area contributed by atoms with E-state index in [0.29, 0.717) is 0 Å². The topological polar surface area (TPSA) is 66.2 Å². The maximum Gasteiger partial charge on any atom is 1.00 e. The van der Waals surface area contributed by atoms with Crippen molar-refractivity contribution in [3.05, 3.63) is 228 Å². The van der Waals surface area contributed by atoms with Gasteiger partial charge in [-0.3, -0.25) is 0 Å². The molecule has 7 aromatic carbocycles. The van der Waals surface area contributed by atoms with Gasteiger partial charge in [-0.25, -0.2) is 0 Å². The first-order chi connectivity index (χ1) is 25.6. The Morgan fingerprint density at radius 3 is 0.698 bits per heavy atom. The number of benzene rings is 7. The minimum atomic E-state index is -1.75. The predicted molar refractivity (Wildman–Crippen MR) is 228 cm³/mol. The average molecular weight is 934 g/mol. The zero-order valence-corrected chi connectivity index (χ0v) is 34.0. The van der Waals surface area contributed by atoms with Gasteiger partial charge in [0.15, 0.2) is 0 Å². The van der Waals surface area contributed by atoms with Gasteiger partial charge in [-0.05, 0) is 79.6 Å². The van der Waals surface area contributed by atoms with Crippen molar-refractivity contribution in [2.24, 2.45) is 0 Å². The molecule has 0 fully saturated rings. The van der Waals surface area contributed by atoms with Crippen molar-refractivity contribution in [3.8, 4) is 0 Å². The van der Waals surface area contributed by atoms with Gasteiger partial charge in [0.2, 0.25) is 0 Å². The number of rotatable bonds is 11. The van der Waals surface area contributed by atoms with Gasteiger partial charge in [0.1, 0.15) is 0 Å². The van der Waals surface area contributed by atoms with E-state index in [-0.39, 0.29) is 38.2 Å². The summed E-state index contributed by atoms with van der Waals surface area (Å²) in [6, 6.07) is 76.6. The molecule has 4 nitrogen and oxygen atoms in total. The van der Waals surface area contributed by atoms with Gasteiger partial charge >= 0.3 is 22.4 Å². The fraction of sp³-hybridized carbons (Fsp3) is 0.0667.